The lowest BCUT2D eigenvalue weighted by Crippen LogP contribution is -2.23. The Morgan fingerprint density at radius 1 is 0.931 bits per heavy atom. The molecule has 0 unspecified atom stereocenters. The van der Waals surface area contributed by atoms with Crippen LogP contribution < -0.4 is 10.0 Å². The molecule has 0 fully saturated rings. The van der Waals surface area contributed by atoms with Crippen LogP contribution in [-0.4, -0.2) is 14.3 Å². The summed E-state index contributed by atoms with van der Waals surface area (Å²) >= 11 is 12.3. The zero-order valence-corrected chi connectivity index (χ0v) is 17.8. The van der Waals surface area contributed by atoms with Crippen molar-refractivity contribution in [2.24, 2.45) is 0 Å². The Morgan fingerprint density at radius 2 is 1.62 bits per heavy atom. The molecule has 0 aliphatic rings. The minimum Gasteiger partial charge on any atom is -0.348 e. The molecule has 3 aromatic carbocycles. The highest BCUT2D eigenvalue weighted by atomic mass is 35.5. The Bertz CT molecular complexity index is 1150. The van der Waals surface area contributed by atoms with Crippen molar-refractivity contribution in [3.05, 3.63) is 93.5 Å². The first-order valence-electron chi connectivity index (χ1n) is 8.67. The lowest BCUT2D eigenvalue weighted by molar-refractivity contribution is 0.0951. The van der Waals surface area contributed by atoms with E-state index in [2.05, 4.69) is 10.0 Å². The third-order valence-electron chi connectivity index (χ3n) is 4.20. The maximum absolute atomic E-state index is 12.5. The average Bonchev–Trinajstić information content (AvgIpc) is 2.69. The van der Waals surface area contributed by atoms with Crippen LogP contribution in [0.15, 0.2) is 71.6 Å². The molecule has 0 saturated heterocycles. The molecule has 0 atom stereocenters. The van der Waals surface area contributed by atoms with Gasteiger partial charge in [-0.2, -0.15) is 0 Å². The summed E-state index contributed by atoms with van der Waals surface area (Å²) in [6.45, 7) is 2.13. The highest BCUT2D eigenvalue weighted by Gasteiger charge is 2.17. The second-order valence-corrected chi connectivity index (χ2v) is 8.88. The number of carbonyl (C=O) groups excluding carboxylic acids is 1. The first-order valence-corrected chi connectivity index (χ1v) is 10.9. The summed E-state index contributed by atoms with van der Waals surface area (Å²) in [5.74, 6) is -0.347. The molecular weight excluding hydrogens is 431 g/mol. The van der Waals surface area contributed by atoms with Gasteiger partial charge in [-0.1, -0.05) is 59.1 Å². The van der Waals surface area contributed by atoms with Gasteiger partial charge in [0.2, 0.25) is 0 Å². The van der Waals surface area contributed by atoms with Crippen LogP contribution in [-0.2, 0) is 16.6 Å². The maximum atomic E-state index is 12.5. The van der Waals surface area contributed by atoms with Crippen LogP contribution in [0.2, 0.25) is 10.0 Å². The second-order valence-electron chi connectivity index (χ2n) is 6.39. The van der Waals surface area contributed by atoms with E-state index in [0.29, 0.717) is 10.6 Å². The van der Waals surface area contributed by atoms with Crippen molar-refractivity contribution in [2.45, 2.75) is 18.4 Å². The number of carbonyl (C=O) groups is 1. The number of aryl methyl sites for hydroxylation is 1. The quantitative estimate of drug-likeness (QED) is 0.554. The molecule has 0 aliphatic carbocycles. The van der Waals surface area contributed by atoms with Crippen molar-refractivity contribution < 1.29 is 13.2 Å². The van der Waals surface area contributed by atoms with Gasteiger partial charge in [-0.25, -0.2) is 8.42 Å². The largest absolute Gasteiger partial charge is 0.348 e. The summed E-state index contributed by atoms with van der Waals surface area (Å²) in [7, 11) is -3.79. The first-order chi connectivity index (χ1) is 13.8. The van der Waals surface area contributed by atoms with E-state index in [9.17, 15) is 13.2 Å². The van der Waals surface area contributed by atoms with Gasteiger partial charge in [0.25, 0.3) is 15.9 Å². The lowest BCUT2D eigenvalue weighted by atomic mass is 10.2. The Morgan fingerprint density at radius 3 is 2.28 bits per heavy atom. The number of amides is 1. The molecule has 29 heavy (non-hydrogen) atoms. The van der Waals surface area contributed by atoms with Crippen molar-refractivity contribution in [3.8, 4) is 0 Å². The summed E-state index contributed by atoms with van der Waals surface area (Å²) in [6.07, 6.45) is 0. The molecule has 3 rings (SSSR count). The van der Waals surface area contributed by atoms with E-state index in [0.717, 1.165) is 11.1 Å². The van der Waals surface area contributed by atoms with E-state index < -0.39 is 10.0 Å². The Kier molecular flexibility index (Phi) is 6.47. The third kappa shape index (κ3) is 5.29. The van der Waals surface area contributed by atoms with E-state index in [1.165, 1.54) is 30.3 Å². The van der Waals surface area contributed by atoms with Crippen LogP contribution >= 0.6 is 23.2 Å². The lowest BCUT2D eigenvalue weighted by Gasteiger charge is -2.12. The predicted octanol–water partition coefficient (Wildman–Crippen LogP) is 5.03. The molecule has 0 radical (unpaired) electrons. The van der Waals surface area contributed by atoms with Crippen molar-refractivity contribution in [1.29, 1.82) is 0 Å². The van der Waals surface area contributed by atoms with E-state index in [4.69, 9.17) is 23.2 Å². The van der Waals surface area contributed by atoms with Crippen LogP contribution in [0.25, 0.3) is 0 Å². The molecule has 2 N–H and O–H groups in total. The molecule has 0 aromatic heterocycles. The molecule has 0 saturated carbocycles. The molecular formula is C21H18Cl2N2O3S. The predicted molar refractivity (Wildman–Crippen MR) is 116 cm³/mol. The van der Waals surface area contributed by atoms with Gasteiger partial charge >= 0.3 is 0 Å². The zero-order chi connectivity index (χ0) is 21.0. The van der Waals surface area contributed by atoms with Gasteiger partial charge in [-0.05, 0) is 48.9 Å². The number of hydrogen-bond acceptors (Lipinski definition) is 3. The smallest absolute Gasteiger partial charge is 0.261 e. The number of sulfonamides is 1. The van der Waals surface area contributed by atoms with E-state index in [1.54, 1.807) is 18.2 Å². The second kappa shape index (κ2) is 8.86. The molecule has 1 amide bonds. The van der Waals surface area contributed by atoms with Gasteiger partial charge in [0.05, 0.1) is 15.6 Å². The van der Waals surface area contributed by atoms with Crippen LogP contribution in [0.3, 0.4) is 0 Å². The fourth-order valence-electron chi connectivity index (χ4n) is 2.58. The third-order valence-corrected chi connectivity index (χ3v) is 6.27. The van der Waals surface area contributed by atoms with Crippen molar-refractivity contribution in [1.82, 2.24) is 5.32 Å². The van der Waals surface area contributed by atoms with Crippen molar-refractivity contribution in [2.75, 3.05) is 4.72 Å². The molecule has 8 heteroatoms. The summed E-state index contributed by atoms with van der Waals surface area (Å²) in [4.78, 5) is 12.5. The molecule has 0 bridgehead atoms. The minimum absolute atomic E-state index is 0.117. The summed E-state index contributed by atoms with van der Waals surface area (Å²) in [5, 5.41) is 3.44. The van der Waals surface area contributed by atoms with Crippen molar-refractivity contribution >= 4 is 44.8 Å². The van der Waals surface area contributed by atoms with Gasteiger partial charge in [0.1, 0.15) is 0 Å². The number of rotatable bonds is 6. The zero-order valence-electron chi connectivity index (χ0n) is 15.4. The maximum Gasteiger partial charge on any atom is 0.261 e. The number of halogens is 2. The highest BCUT2D eigenvalue weighted by molar-refractivity contribution is 7.92. The monoisotopic (exact) mass is 448 g/mol. The number of hydrogen-bond donors (Lipinski definition) is 2. The highest BCUT2D eigenvalue weighted by Crippen LogP contribution is 2.26. The molecule has 150 valence electrons. The van der Waals surface area contributed by atoms with Crippen molar-refractivity contribution in [3.63, 3.8) is 0 Å². The van der Waals surface area contributed by atoms with Crippen LogP contribution in [0.1, 0.15) is 21.5 Å². The average molecular weight is 449 g/mol. The SMILES string of the molecule is Cc1ccc(S(=O)(=O)Nc2ccc(C(=O)NCc3ccccc3Cl)cc2Cl)cc1. The molecule has 0 aliphatic heterocycles. The number of anilines is 1. The standard InChI is InChI=1S/C21H18Cl2N2O3S/c1-14-6-9-17(10-7-14)29(27,28)25-20-11-8-15(12-19(20)23)21(26)24-13-16-4-2-3-5-18(16)22/h2-12,25H,13H2,1H3,(H,24,26). The number of nitrogens with one attached hydrogen (secondary N) is 2. The Hall–Kier alpha value is -2.54. The van der Waals surface area contributed by atoms with Crippen LogP contribution in [0, 0.1) is 6.92 Å². The van der Waals surface area contributed by atoms with E-state index in [-0.39, 0.29) is 28.1 Å². The first kappa shape index (κ1) is 21.2. The van der Waals surface area contributed by atoms with Crippen LogP contribution in [0.5, 0.6) is 0 Å². The Labute approximate surface area is 179 Å². The topological polar surface area (TPSA) is 75.3 Å². The summed E-state index contributed by atoms with van der Waals surface area (Å²) in [6, 6.07) is 18.0. The molecule has 0 heterocycles. The minimum atomic E-state index is -3.79. The Balaban J connectivity index is 1.72. The fraction of sp³-hybridized carbons (Fsp3) is 0.0952. The normalized spacial score (nSPS) is 11.1. The molecule has 5 nitrogen and oxygen atoms in total. The molecule has 3 aromatic rings. The van der Waals surface area contributed by atoms with Gasteiger partial charge < -0.3 is 5.32 Å². The van der Waals surface area contributed by atoms with Gasteiger partial charge in [-0.15, -0.1) is 0 Å². The van der Waals surface area contributed by atoms with Crippen LogP contribution in [0.4, 0.5) is 5.69 Å². The molecule has 0 spiro atoms. The number of benzene rings is 3. The summed E-state index contributed by atoms with van der Waals surface area (Å²) < 4.78 is 27.5. The fourth-order valence-corrected chi connectivity index (χ4v) is 4.15. The summed E-state index contributed by atoms with van der Waals surface area (Å²) in [5.41, 5.74) is 2.24. The van der Waals surface area contributed by atoms with E-state index in [1.807, 2.05) is 25.1 Å². The van der Waals surface area contributed by atoms with Gasteiger partial charge in [0.15, 0.2) is 0 Å². The van der Waals surface area contributed by atoms with Gasteiger partial charge in [0, 0.05) is 17.1 Å². The van der Waals surface area contributed by atoms with E-state index >= 15 is 0 Å². The van der Waals surface area contributed by atoms with Gasteiger partial charge in [-0.3, -0.25) is 9.52 Å².